The molecule has 1 heterocycles. The molecule has 0 bridgehead atoms. The quantitative estimate of drug-likeness (QED) is 0.635. The highest BCUT2D eigenvalue weighted by molar-refractivity contribution is 7.89. The molecule has 8 nitrogen and oxygen atoms in total. The Balaban J connectivity index is 2.11. The molecule has 1 N–H and O–H groups in total. The van der Waals surface area contributed by atoms with Gasteiger partial charge in [0.25, 0.3) is 5.91 Å². The lowest BCUT2D eigenvalue weighted by Crippen LogP contribution is -2.23. The second kappa shape index (κ2) is 9.27. The van der Waals surface area contributed by atoms with Gasteiger partial charge < -0.3 is 10.1 Å². The Hall–Kier alpha value is -1.91. The van der Waals surface area contributed by atoms with E-state index in [0.29, 0.717) is 10.7 Å². The first kappa shape index (κ1) is 23.4. The highest BCUT2D eigenvalue weighted by Crippen LogP contribution is 2.26. The molecule has 0 unspecified atom stereocenters. The molecule has 0 aliphatic carbocycles. The smallest absolute Gasteiger partial charge is 0.340 e. The van der Waals surface area contributed by atoms with Gasteiger partial charge in [0.2, 0.25) is 10.0 Å². The lowest BCUT2D eigenvalue weighted by molar-refractivity contribution is -0.119. The van der Waals surface area contributed by atoms with Crippen LogP contribution in [0.4, 0.5) is 5.82 Å². The molecular formula is C17H16Cl3N3O5S. The average molecular weight is 481 g/mol. The van der Waals surface area contributed by atoms with Crippen LogP contribution < -0.4 is 5.32 Å². The summed E-state index contributed by atoms with van der Waals surface area (Å²) in [6.45, 7) is 0.963. The van der Waals surface area contributed by atoms with Gasteiger partial charge in [-0.3, -0.25) is 4.79 Å². The molecule has 1 amide bonds. The Morgan fingerprint density at radius 2 is 1.76 bits per heavy atom. The molecule has 0 saturated heterocycles. The van der Waals surface area contributed by atoms with Gasteiger partial charge in [-0.05, 0) is 31.2 Å². The summed E-state index contributed by atoms with van der Waals surface area (Å²) in [5.74, 6) is -1.61. The highest BCUT2D eigenvalue weighted by atomic mass is 35.5. The zero-order valence-electron chi connectivity index (χ0n) is 15.5. The number of amides is 1. The summed E-state index contributed by atoms with van der Waals surface area (Å²) < 4.78 is 30.3. The zero-order valence-corrected chi connectivity index (χ0v) is 18.6. The third-order valence-electron chi connectivity index (χ3n) is 3.63. The normalized spacial score (nSPS) is 11.4. The first-order valence-electron chi connectivity index (χ1n) is 7.95. The number of aryl methyl sites for hydroxylation is 1. The number of halogens is 3. The first-order chi connectivity index (χ1) is 13.4. The van der Waals surface area contributed by atoms with Crippen LogP contribution in [0.2, 0.25) is 15.1 Å². The van der Waals surface area contributed by atoms with Gasteiger partial charge in [-0.2, -0.15) is 0 Å². The maximum Gasteiger partial charge on any atom is 0.340 e. The topological polar surface area (TPSA) is 106 Å². The van der Waals surface area contributed by atoms with E-state index in [9.17, 15) is 18.0 Å². The van der Waals surface area contributed by atoms with Crippen molar-refractivity contribution in [2.75, 3.05) is 26.0 Å². The molecule has 0 aliphatic heterocycles. The predicted octanol–water partition coefficient (Wildman–Crippen LogP) is 3.40. The molecule has 156 valence electrons. The number of nitrogens with zero attached hydrogens (tertiary/aromatic N) is 2. The van der Waals surface area contributed by atoms with Gasteiger partial charge in [0.1, 0.15) is 0 Å². The summed E-state index contributed by atoms with van der Waals surface area (Å²) in [6, 6.07) is 5.02. The number of pyridine rings is 1. The van der Waals surface area contributed by atoms with E-state index in [-0.39, 0.29) is 26.3 Å². The number of hydrogen-bond acceptors (Lipinski definition) is 6. The van der Waals surface area contributed by atoms with Crippen molar-refractivity contribution in [3.05, 3.63) is 50.6 Å². The number of ether oxygens (including phenoxy) is 1. The standard InChI is InChI=1S/C17H16Cl3N3O5S/c1-9-13(19)7-14(20)16(21-9)22-15(24)8-28-17(25)11-6-10(4-5-12(11)18)29(26,27)23(2)3/h4-7H,8H2,1-3H3,(H,21,22,24). The van der Waals surface area contributed by atoms with Crippen molar-refractivity contribution in [1.29, 1.82) is 0 Å². The summed E-state index contributed by atoms with van der Waals surface area (Å²) in [5, 5.41) is 2.83. The minimum atomic E-state index is -3.78. The maximum absolute atomic E-state index is 12.3. The third-order valence-corrected chi connectivity index (χ3v) is 6.44. The predicted molar refractivity (Wildman–Crippen MR) is 110 cm³/mol. The number of carbonyl (C=O) groups excluding carboxylic acids is 2. The van der Waals surface area contributed by atoms with Gasteiger partial charge in [-0.15, -0.1) is 0 Å². The second-order valence-corrected chi connectivity index (χ2v) is 9.31. The van der Waals surface area contributed by atoms with Crippen LogP contribution in [0.5, 0.6) is 0 Å². The van der Waals surface area contributed by atoms with Gasteiger partial charge in [-0.25, -0.2) is 22.5 Å². The van der Waals surface area contributed by atoms with Gasteiger partial charge in [0, 0.05) is 14.1 Å². The van der Waals surface area contributed by atoms with E-state index in [1.165, 1.54) is 32.3 Å². The van der Waals surface area contributed by atoms with Crippen LogP contribution in [0.15, 0.2) is 29.2 Å². The van der Waals surface area contributed by atoms with E-state index in [1.54, 1.807) is 6.92 Å². The average Bonchev–Trinajstić information content (AvgIpc) is 2.64. The van der Waals surface area contributed by atoms with Crippen LogP contribution in [-0.4, -0.2) is 50.3 Å². The van der Waals surface area contributed by atoms with E-state index >= 15 is 0 Å². The third kappa shape index (κ3) is 5.58. The van der Waals surface area contributed by atoms with Crippen molar-refractivity contribution >= 4 is 62.5 Å². The molecular weight excluding hydrogens is 465 g/mol. The molecule has 12 heteroatoms. The molecule has 1 aromatic carbocycles. The Bertz CT molecular complexity index is 1070. The molecule has 0 saturated carbocycles. The summed E-state index contributed by atoms with van der Waals surface area (Å²) in [5.41, 5.74) is 0.259. The SMILES string of the molecule is Cc1nc(NC(=O)COC(=O)c2cc(S(=O)(=O)N(C)C)ccc2Cl)c(Cl)cc1Cl. The fraction of sp³-hybridized carbons (Fsp3) is 0.235. The summed E-state index contributed by atoms with van der Waals surface area (Å²) >= 11 is 17.8. The number of anilines is 1. The number of hydrogen-bond donors (Lipinski definition) is 1. The number of esters is 1. The van der Waals surface area contributed by atoms with Crippen molar-refractivity contribution in [3.63, 3.8) is 0 Å². The number of nitrogens with one attached hydrogen (secondary N) is 1. The lowest BCUT2D eigenvalue weighted by atomic mass is 10.2. The van der Waals surface area contributed by atoms with Gasteiger partial charge >= 0.3 is 5.97 Å². The van der Waals surface area contributed by atoms with E-state index in [1.807, 2.05) is 0 Å². The fourth-order valence-electron chi connectivity index (χ4n) is 2.06. The van der Waals surface area contributed by atoms with Gasteiger partial charge in [0.15, 0.2) is 12.4 Å². The number of aromatic nitrogens is 1. The zero-order chi connectivity index (χ0) is 21.9. The molecule has 0 atom stereocenters. The Kier molecular flexibility index (Phi) is 7.47. The van der Waals surface area contributed by atoms with Crippen molar-refractivity contribution in [2.45, 2.75) is 11.8 Å². The largest absolute Gasteiger partial charge is 0.452 e. The summed E-state index contributed by atoms with van der Waals surface area (Å²) in [4.78, 5) is 28.2. The van der Waals surface area contributed by atoms with Crippen molar-refractivity contribution in [3.8, 4) is 0 Å². The maximum atomic E-state index is 12.3. The molecule has 0 spiro atoms. The van der Waals surface area contributed by atoms with Crippen LogP contribution in [0.3, 0.4) is 0 Å². The molecule has 2 rings (SSSR count). The highest BCUT2D eigenvalue weighted by Gasteiger charge is 2.22. The minimum absolute atomic E-state index is 0.0221. The molecule has 0 fully saturated rings. The van der Waals surface area contributed by atoms with E-state index in [4.69, 9.17) is 39.5 Å². The Morgan fingerprint density at radius 3 is 2.38 bits per heavy atom. The molecule has 2 aromatic rings. The lowest BCUT2D eigenvalue weighted by Gasteiger charge is -2.13. The van der Waals surface area contributed by atoms with E-state index in [2.05, 4.69) is 10.3 Å². The molecule has 0 radical (unpaired) electrons. The van der Waals surface area contributed by atoms with E-state index in [0.717, 1.165) is 10.4 Å². The minimum Gasteiger partial charge on any atom is -0.452 e. The number of sulfonamides is 1. The van der Waals surface area contributed by atoms with Crippen LogP contribution in [-0.2, 0) is 19.6 Å². The van der Waals surface area contributed by atoms with Crippen LogP contribution in [0.25, 0.3) is 0 Å². The number of benzene rings is 1. The van der Waals surface area contributed by atoms with Crippen molar-refractivity contribution in [1.82, 2.24) is 9.29 Å². The summed E-state index contributed by atoms with van der Waals surface area (Å²) in [6.07, 6.45) is 0. The number of rotatable bonds is 6. The van der Waals surface area contributed by atoms with Crippen LogP contribution in [0.1, 0.15) is 16.1 Å². The van der Waals surface area contributed by atoms with Gasteiger partial charge in [0.05, 0.1) is 31.2 Å². The second-order valence-electron chi connectivity index (χ2n) is 5.94. The molecule has 1 aromatic heterocycles. The summed E-state index contributed by atoms with van der Waals surface area (Å²) in [7, 11) is -1.08. The Labute approximate surface area is 182 Å². The molecule has 0 aliphatic rings. The van der Waals surface area contributed by atoms with Crippen molar-refractivity contribution < 1.29 is 22.7 Å². The van der Waals surface area contributed by atoms with Crippen molar-refractivity contribution in [2.24, 2.45) is 0 Å². The first-order valence-corrected chi connectivity index (χ1v) is 10.5. The van der Waals surface area contributed by atoms with Crippen LogP contribution >= 0.6 is 34.8 Å². The Morgan fingerprint density at radius 1 is 1.10 bits per heavy atom. The monoisotopic (exact) mass is 479 g/mol. The van der Waals surface area contributed by atoms with E-state index < -0.39 is 28.5 Å². The van der Waals surface area contributed by atoms with Gasteiger partial charge in [-0.1, -0.05) is 34.8 Å². The number of carbonyl (C=O) groups is 2. The van der Waals surface area contributed by atoms with Crippen LogP contribution in [0, 0.1) is 6.92 Å². The molecule has 29 heavy (non-hydrogen) atoms. The fourth-order valence-corrected chi connectivity index (χ4v) is 3.58.